The van der Waals surface area contributed by atoms with Crippen molar-refractivity contribution in [3.05, 3.63) is 0 Å². The Kier molecular flexibility index (Phi) is 4.53. The first-order valence-electron chi connectivity index (χ1n) is 6.23. The van der Waals surface area contributed by atoms with E-state index in [1.165, 1.54) is 39.2 Å². The highest BCUT2D eigenvalue weighted by atomic mass is 32.2. The molecule has 2 atom stereocenters. The molecule has 1 aliphatic carbocycles. The molecule has 2 rings (SSSR count). The molecular weight excluding hydrogens is 222 g/mol. The van der Waals surface area contributed by atoms with Crippen molar-refractivity contribution in [1.82, 2.24) is 5.32 Å². The summed E-state index contributed by atoms with van der Waals surface area (Å²) in [6, 6.07) is 0.429. The average Bonchev–Trinajstić information content (AvgIpc) is 2.39. The summed E-state index contributed by atoms with van der Waals surface area (Å²) in [4.78, 5) is 11.5. The molecule has 0 aromatic heterocycles. The molecule has 1 saturated carbocycles. The number of hydrogen-bond donors (Lipinski definition) is 1. The third-order valence-corrected chi connectivity index (χ3v) is 4.87. The van der Waals surface area contributed by atoms with Crippen LogP contribution in [0.25, 0.3) is 0 Å². The van der Waals surface area contributed by atoms with Gasteiger partial charge in [0.1, 0.15) is 6.04 Å². The van der Waals surface area contributed by atoms with Crippen LogP contribution in [0.3, 0.4) is 0 Å². The molecule has 0 amide bonds. The SMILES string of the molecule is COC(=O)C1CSCC(C2CCCCC2)N1. The first-order valence-corrected chi connectivity index (χ1v) is 7.38. The quantitative estimate of drug-likeness (QED) is 0.751. The summed E-state index contributed by atoms with van der Waals surface area (Å²) in [5.41, 5.74) is 0. The lowest BCUT2D eigenvalue weighted by Crippen LogP contribution is -2.53. The van der Waals surface area contributed by atoms with Gasteiger partial charge in [0.2, 0.25) is 0 Å². The molecule has 92 valence electrons. The molecule has 2 aliphatic rings. The van der Waals surface area contributed by atoms with E-state index >= 15 is 0 Å². The zero-order valence-corrected chi connectivity index (χ0v) is 10.7. The molecule has 1 heterocycles. The number of carbonyl (C=O) groups is 1. The Hall–Kier alpha value is -0.220. The monoisotopic (exact) mass is 243 g/mol. The van der Waals surface area contributed by atoms with Crippen LogP contribution in [0.4, 0.5) is 0 Å². The van der Waals surface area contributed by atoms with Gasteiger partial charge in [0.15, 0.2) is 0 Å². The van der Waals surface area contributed by atoms with Crippen LogP contribution in [0.2, 0.25) is 0 Å². The van der Waals surface area contributed by atoms with Crippen LogP contribution in [0, 0.1) is 5.92 Å². The second-order valence-electron chi connectivity index (χ2n) is 4.78. The maximum atomic E-state index is 11.5. The van der Waals surface area contributed by atoms with Gasteiger partial charge in [-0.3, -0.25) is 10.1 Å². The predicted molar refractivity (Wildman–Crippen MR) is 66.6 cm³/mol. The molecular formula is C12H21NO2S. The van der Waals surface area contributed by atoms with Gasteiger partial charge in [-0.25, -0.2) is 0 Å². The zero-order valence-electron chi connectivity index (χ0n) is 9.91. The molecule has 1 N–H and O–H groups in total. The van der Waals surface area contributed by atoms with Gasteiger partial charge in [0, 0.05) is 17.5 Å². The Morgan fingerprint density at radius 2 is 2.00 bits per heavy atom. The van der Waals surface area contributed by atoms with Crippen molar-refractivity contribution >= 4 is 17.7 Å². The van der Waals surface area contributed by atoms with Crippen LogP contribution in [0.1, 0.15) is 32.1 Å². The molecule has 3 nitrogen and oxygen atoms in total. The Morgan fingerprint density at radius 1 is 1.25 bits per heavy atom. The number of methoxy groups -OCH3 is 1. The fraction of sp³-hybridized carbons (Fsp3) is 0.917. The minimum absolute atomic E-state index is 0.0873. The molecule has 0 aromatic rings. The van der Waals surface area contributed by atoms with Gasteiger partial charge in [0.05, 0.1) is 7.11 Å². The average molecular weight is 243 g/mol. The van der Waals surface area contributed by atoms with Crippen LogP contribution >= 0.6 is 11.8 Å². The largest absolute Gasteiger partial charge is 0.468 e. The number of rotatable bonds is 2. The molecule has 4 heteroatoms. The second-order valence-corrected chi connectivity index (χ2v) is 5.86. The van der Waals surface area contributed by atoms with Gasteiger partial charge in [-0.2, -0.15) is 11.8 Å². The minimum atomic E-state index is -0.104. The van der Waals surface area contributed by atoms with Crippen molar-refractivity contribution in [2.75, 3.05) is 18.6 Å². The van der Waals surface area contributed by atoms with E-state index in [0.29, 0.717) is 6.04 Å². The summed E-state index contributed by atoms with van der Waals surface area (Å²) in [5, 5.41) is 3.48. The molecule has 0 bridgehead atoms. The third-order valence-electron chi connectivity index (χ3n) is 3.70. The van der Waals surface area contributed by atoms with E-state index in [1.54, 1.807) is 0 Å². The molecule has 1 saturated heterocycles. The molecule has 2 fully saturated rings. The molecule has 0 spiro atoms. The topological polar surface area (TPSA) is 38.3 Å². The van der Waals surface area contributed by atoms with Crippen molar-refractivity contribution < 1.29 is 9.53 Å². The van der Waals surface area contributed by atoms with Crippen molar-refractivity contribution in [3.8, 4) is 0 Å². The Balaban J connectivity index is 1.87. The van der Waals surface area contributed by atoms with Crippen LogP contribution in [-0.2, 0) is 9.53 Å². The van der Waals surface area contributed by atoms with Crippen molar-refractivity contribution in [1.29, 1.82) is 0 Å². The van der Waals surface area contributed by atoms with E-state index in [9.17, 15) is 4.79 Å². The summed E-state index contributed by atoms with van der Waals surface area (Å²) in [5.74, 6) is 2.68. The van der Waals surface area contributed by atoms with E-state index in [-0.39, 0.29) is 12.0 Å². The Labute approximate surface area is 102 Å². The van der Waals surface area contributed by atoms with Crippen LogP contribution in [0.15, 0.2) is 0 Å². The second kappa shape index (κ2) is 5.92. The molecule has 16 heavy (non-hydrogen) atoms. The lowest BCUT2D eigenvalue weighted by atomic mass is 9.84. The summed E-state index contributed by atoms with van der Waals surface area (Å²) in [7, 11) is 1.47. The first kappa shape index (κ1) is 12.2. The van der Waals surface area contributed by atoms with Crippen LogP contribution in [0.5, 0.6) is 0 Å². The highest BCUT2D eigenvalue weighted by Crippen LogP contribution is 2.30. The maximum Gasteiger partial charge on any atom is 0.323 e. The van der Waals surface area contributed by atoms with Gasteiger partial charge in [0.25, 0.3) is 0 Å². The summed E-state index contributed by atoms with van der Waals surface area (Å²) in [6.45, 7) is 0. The summed E-state index contributed by atoms with van der Waals surface area (Å²) in [6.07, 6.45) is 6.75. The summed E-state index contributed by atoms with van der Waals surface area (Å²) < 4.78 is 4.81. The highest BCUT2D eigenvalue weighted by Gasteiger charge is 2.32. The lowest BCUT2D eigenvalue weighted by molar-refractivity contribution is -0.142. The van der Waals surface area contributed by atoms with Gasteiger partial charge in [-0.1, -0.05) is 19.3 Å². The minimum Gasteiger partial charge on any atom is -0.468 e. The molecule has 1 aliphatic heterocycles. The maximum absolute atomic E-state index is 11.5. The zero-order chi connectivity index (χ0) is 11.4. The fourth-order valence-corrected chi connectivity index (χ4v) is 3.98. The standard InChI is InChI=1S/C12H21NO2S/c1-15-12(14)11-8-16-7-10(13-11)9-5-3-2-4-6-9/h9-11,13H,2-8H2,1H3. The smallest absolute Gasteiger partial charge is 0.323 e. The predicted octanol–water partition coefficient (Wildman–Crippen LogP) is 1.81. The molecule has 0 radical (unpaired) electrons. The first-order chi connectivity index (χ1) is 7.81. The number of carbonyl (C=O) groups excluding carboxylic acids is 1. The van der Waals surface area contributed by atoms with Gasteiger partial charge in [-0.05, 0) is 18.8 Å². The number of thioether (sulfide) groups is 1. The van der Waals surface area contributed by atoms with Gasteiger partial charge >= 0.3 is 5.97 Å². The summed E-state index contributed by atoms with van der Waals surface area (Å²) >= 11 is 1.89. The van der Waals surface area contributed by atoms with Gasteiger partial charge < -0.3 is 4.74 Å². The number of nitrogens with one attached hydrogen (secondary N) is 1. The van der Waals surface area contributed by atoms with Gasteiger partial charge in [-0.15, -0.1) is 0 Å². The van der Waals surface area contributed by atoms with E-state index in [4.69, 9.17) is 4.74 Å². The normalized spacial score (nSPS) is 32.3. The number of esters is 1. The Morgan fingerprint density at radius 3 is 2.69 bits per heavy atom. The highest BCUT2D eigenvalue weighted by molar-refractivity contribution is 7.99. The number of ether oxygens (including phenoxy) is 1. The van der Waals surface area contributed by atoms with E-state index in [1.807, 2.05) is 11.8 Å². The lowest BCUT2D eigenvalue weighted by Gasteiger charge is -2.36. The van der Waals surface area contributed by atoms with E-state index in [0.717, 1.165) is 17.4 Å². The third kappa shape index (κ3) is 2.92. The fourth-order valence-electron chi connectivity index (χ4n) is 2.75. The molecule has 2 unspecified atom stereocenters. The van der Waals surface area contributed by atoms with Crippen molar-refractivity contribution in [2.24, 2.45) is 5.92 Å². The number of hydrogen-bond acceptors (Lipinski definition) is 4. The molecule has 0 aromatic carbocycles. The Bertz CT molecular complexity index is 241. The van der Waals surface area contributed by atoms with Crippen LogP contribution in [-0.4, -0.2) is 36.7 Å². The van der Waals surface area contributed by atoms with Crippen LogP contribution < -0.4 is 5.32 Å². The van der Waals surface area contributed by atoms with E-state index < -0.39 is 0 Å². The van der Waals surface area contributed by atoms with Crippen molar-refractivity contribution in [3.63, 3.8) is 0 Å². The van der Waals surface area contributed by atoms with Crippen molar-refractivity contribution in [2.45, 2.75) is 44.2 Å². The van der Waals surface area contributed by atoms with E-state index in [2.05, 4.69) is 5.32 Å².